The number of esters is 1. The molecule has 0 radical (unpaired) electrons. The van der Waals surface area contributed by atoms with Crippen molar-refractivity contribution in [2.24, 2.45) is 0 Å². The first-order valence-corrected chi connectivity index (χ1v) is 38.5. The van der Waals surface area contributed by atoms with Gasteiger partial charge in [0.05, 0.1) is 33.8 Å². The summed E-state index contributed by atoms with van der Waals surface area (Å²) in [5.41, 5.74) is 0. The average Bonchev–Trinajstić information content (AvgIpc) is 3.66. The summed E-state index contributed by atoms with van der Waals surface area (Å²) in [7, 11) is 1.18. The Balaban J connectivity index is 5.04. The fourth-order valence-corrected chi connectivity index (χ4v) is 11.2. The summed E-state index contributed by atoms with van der Waals surface area (Å²) >= 11 is 0. The molecule has 0 aromatic heterocycles. The number of phosphoric acid groups is 1. The number of hydrogen-bond acceptors (Lipinski definition) is 7. The summed E-state index contributed by atoms with van der Waals surface area (Å²) < 4.78 is 30.5. The van der Waals surface area contributed by atoms with E-state index in [1.165, 1.54) is 199 Å². The van der Waals surface area contributed by atoms with E-state index in [9.17, 15) is 19.0 Å². The fourth-order valence-electron chi connectivity index (χ4n) is 10.5. The number of allylic oxidation sites excluding steroid dienone is 15. The molecule has 0 spiro atoms. The molecule has 3 unspecified atom stereocenters. The van der Waals surface area contributed by atoms with Crippen LogP contribution in [0.3, 0.4) is 0 Å². The van der Waals surface area contributed by atoms with Crippen molar-refractivity contribution in [3.63, 3.8) is 0 Å². The number of nitrogens with zero attached hydrogens (tertiary/aromatic N) is 1. The summed E-state index contributed by atoms with van der Waals surface area (Å²) in [4.78, 5) is 40.2. The van der Waals surface area contributed by atoms with E-state index in [1.807, 2.05) is 33.3 Å². The number of hydrogen-bond donors (Lipinski definition) is 1. The molecule has 88 heavy (non-hydrogen) atoms. The number of nitrogens with one attached hydrogen (secondary N) is 1. The van der Waals surface area contributed by atoms with Crippen LogP contribution in [0.15, 0.2) is 97.2 Å². The molecule has 0 saturated heterocycles. The van der Waals surface area contributed by atoms with Crippen LogP contribution in [0.5, 0.6) is 0 Å². The molecule has 0 aromatic rings. The molecule has 1 amide bonds. The topological polar surface area (TPSA) is 114 Å². The van der Waals surface area contributed by atoms with Crippen LogP contribution in [0, 0.1) is 0 Å². The number of amides is 1. The summed E-state index contributed by atoms with van der Waals surface area (Å²) in [6.45, 7) is 6.81. The van der Waals surface area contributed by atoms with Gasteiger partial charge in [0.2, 0.25) is 5.91 Å². The van der Waals surface area contributed by atoms with E-state index in [0.29, 0.717) is 17.4 Å². The first kappa shape index (κ1) is 84.9. The number of phosphoric ester groups is 1. The maximum absolute atomic E-state index is 13.6. The van der Waals surface area contributed by atoms with Gasteiger partial charge in [0.25, 0.3) is 7.82 Å². The largest absolute Gasteiger partial charge is 0.756 e. The Morgan fingerprint density at radius 2 is 0.693 bits per heavy atom. The van der Waals surface area contributed by atoms with E-state index >= 15 is 0 Å². The van der Waals surface area contributed by atoms with E-state index < -0.39 is 26.6 Å². The standard InChI is InChI=1S/C78H141N2O7P/c1-7-10-13-16-19-22-25-28-30-32-34-36-38-39-40-41-43-44-46-48-50-52-55-58-61-64-67-70-77(81)79-75(74-86-88(83,84)85-73-72-80(4,5)6)76(69-66-63-60-57-54-27-24-21-18-15-12-9-3)87-78(82)71-68-65-62-59-56-53-51-49-47-45-42-37-35-33-31-29-26-23-20-17-14-11-8-2/h19-20,22-23,28-31,34-37,39-40,66,69,75-76H,7-18,21,24-27,32-33,38,41-65,67-68,70-74H2,1-6H3,(H-,79,81,83,84)/b22-19-,23-20-,30-28-,31-29-,36-34-,37-35-,40-39-,69-66-. The Bertz CT molecular complexity index is 1830. The molecule has 9 nitrogen and oxygen atoms in total. The number of ether oxygens (including phenoxy) is 1. The van der Waals surface area contributed by atoms with E-state index in [1.54, 1.807) is 0 Å². The molecule has 0 rings (SSSR count). The normalized spacial score (nSPS) is 14.0. The van der Waals surface area contributed by atoms with Gasteiger partial charge in [-0.05, 0) is 115 Å². The monoisotopic (exact) mass is 1250 g/mol. The lowest BCUT2D eigenvalue weighted by Crippen LogP contribution is -2.47. The third kappa shape index (κ3) is 67.3. The van der Waals surface area contributed by atoms with Crippen molar-refractivity contribution in [1.29, 1.82) is 0 Å². The van der Waals surface area contributed by atoms with Crippen molar-refractivity contribution in [2.45, 2.75) is 348 Å². The number of likely N-dealkylation sites (N-methyl/N-ethyl adjacent to an activating group) is 1. The number of quaternary nitrogens is 1. The summed E-state index contributed by atoms with van der Waals surface area (Å²) in [5, 5.41) is 3.05. The Morgan fingerprint density at radius 1 is 0.398 bits per heavy atom. The van der Waals surface area contributed by atoms with E-state index in [4.69, 9.17) is 13.8 Å². The van der Waals surface area contributed by atoms with Crippen LogP contribution in [0.25, 0.3) is 0 Å². The van der Waals surface area contributed by atoms with Crippen molar-refractivity contribution in [1.82, 2.24) is 5.32 Å². The van der Waals surface area contributed by atoms with Crippen LogP contribution < -0.4 is 10.2 Å². The van der Waals surface area contributed by atoms with Gasteiger partial charge >= 0.3 is 5.97 Å². The van der Waals surface area contributed by atoms with Gasteiger partial charge in [-0.3, -0.25) is 14.2 Å². The molecular weight excluding hydrogens is 1110 g/mol. The van der Waals surface area contributed by atoms with Gasteiger partial charge in [0.15, 0.2) is 0 Å². The summed E-state index contributed by atoms with van der Waals surface area (Å²) in [6.07, 6.45) is 91.0. The molecule has 510 valence electrons. The molecule has 1 N–H and O–H groups in total. The zero-order chi connectivity index (χ0) is 64.2. The molecule has 0 fully saturated rings. The van der Waals surface area contributed by atoms with Crippen LogP contribution in [-0.2, 0) is 27.9 Å². The molecule has 0 bridgehead atoms. The highest BCUT2D eigenvalue weighted by Crippen LogP contribution is 2.38. The van der Waals surface area contributed by atoms with E-state index in [0.717, 1.165) is 103 Å². The second-order valence-corrected chi connectivity index (χ2v) is 27.5. The van der Waals surface area contributed by atoms with Gasteiger partial charge < -0.3 is 28.5 Å². The zero-order valence-corrected chi connectivity index (χ0v) is 59.3. The third-order valence-corrected chi connectivity index (χ3v) is 17.2. The van der Waals surface area contributed by atoms with E-state index in [-0.39, 0.29) is 24.9 Å². The average molecular weight is 1250 g/mol. The molecule has 3 atom stereocenters. The number of carbonyl (C=O) groups is 2. The second kappa shape index (κ2) is 66.8. The highest BCUT2D eigenvalue weighted by atomic mass is 31.2. The number of carbonyl (C=O) groups excluding carboxylic acids is 2. The molecular formula is C78H141N2O7P. The predicted molar refractivity (Wildman–Crippen MR) is 381 cm³/mol. The van der Waals surface area contributed by atoms with Gasteiger partial charge in [-0.25, -0.2) is 0 Å². The fraction of sp³-hybridized carbons (Fsp3) is 0.769. The SMILES string of the molecule is CCCCC/C=C\C/C=C\C/C=C\C/C=C\CCCCCCCCCCCCCC(=O)NC(COP(=O)([O-])OCC[N+](C)(C)C)C(/C=C\CCCCCCCCCCCC)OC(=O)CCCCCCCCCCCC/C=C\C/C=C\C/C=C\CCCCC. The van der Waals surface area contributed by atoms with Crippen molar-refractivity contribution < 1.29 is 37.3 Å². The number of unbranched alkanes of at least 4 members (excludes halogenated alkanes) is 37. The smallest absolute Gasteiger partial charge is 0.306 e. The van der Waals surface area contributed by atoms with Crippen molar-refractivity contribution in [3.8, 4) is 0 Å². The first-order valence-electron chi connectivity index (χ1n) is 37.0. The molecule has 0 aliphatic heterocycles. The van der Waals surface area contributed by atoms with Crippen molar-refractivity contribution in [3.05, 3.63) is 97.2 Å². The number of rotatable bonds is 67. The quantitative estimate of drug-likeness (QED) is 0.0212. The summed E-state index contributed by atoms with van der Waals surface area (Å²) in [5.74, 6) is -0.543. The highest BCUT2D eigenvalue weighted by molar-refractivity contribution is 7.45. The van der Waals surface area contributed by atoms with Gasteiger partial charge in [0.1, 0.15) is 19.3 Å². The van der Waals surface area contributed by atoms with Crippen LogP contribution in [0.4, 0.5) is 0 Å². The van der Waals surface area contributed by atoms with E-state index in [2.05, 4.69) is 111 Å². The lowest BCUT2D eigenvalue weighted by Gasteiger charge is -2.30. The lowest BCUT2D eigenvalue weighted by molar-refractivity contribution is -0.870. The molecule has 10 heteroatoms. The molecule has 0 aromatic carbocycles. The zero-order valence-electron chi connectivity index (χ0n) is 58.4. The molecule has 0 saturated carbocycles. The molecule has 0 aliphatic carbocycles. The minimum atomic E-state index is -4.71. The first-order chi connectivity index (χ1) is 42.9. The van der Waals surface area contributed by atoms with Gasteiger partial charge in [-0.1, -0.05) is 305 Å². The van der Waals surface area contributed by atoms with Crippen molar-refractivity contribution >= 4 is 19.7 Å². The maximum atomic E-state index is 13.6. The molecule has 0 aliphatic rings. The van der Waals surface area contributed by atoms with Crippen LogP contribution in [0.1, 0.15) is 335 Å². The summed E-state index contributed by atoms with van der Waals surface area (Å²) in [6, 6.07) is -0.898. The third-order valence-electron chi connectivity index (χ3n) is 16.2. The van der Waals surface area contributed by atoms with Crippen LogP contribution >= 0.6 is 7.82 Å². The minimum absolute atomic E-state index is 0.0267. The Labute approximate surface area is 545 Å². The Hall–Kier alpha value is -3.07. The second-order valence-electron chi connectivity index (χ2n) is 26.1. The maximum Gasteiger partial charge on any atom is 0.306 e. The highest BCUT2D eigenvalue weighted by Gasteiger charge is 2.27. The minimum Gasteiger partial charge on any atom is -0.756 e. The van der Waals surface area contributed by atoms with Gasteiger partial charge in [0, 0.05) is 12.8 Å². The lowest BCUT2D eigenvalue weighted by atomic mass is 10.0. The van der Waals surface area contributed by atoms with Crippen LogP contribution in [0.2, 0.25) is 0 Å². The Kier molecular flexibility index (Phi) is 64.5. The van der Waals surface area contributed by atoms with Gasteiger partial charge in [-0.15, -0.1) is 0 Å². The van der Waals surface area contributed by atoms with Gasteiger partial charge in [-0.2, -0.15) is 0 Å². The Morgan fingerprint density at radius 3 is 1.06 bits per heavy atom. The van der Waals surface area contributed by atoms with Crippen LogP contribution in [-0.4, -0.2) is 69.4 Å². The predicted octanol–water partition coefficient (Wildman–Crippen LogP) is 23.2. The van der Waals surface area contributed by atoms with Crippen molar-refractivity contribution in [2.75, 3.05) is 40.9 Å². The molecule has 0 heterocycles.